The zero-order valence-corrected chi connectivity index (χ0v) is 8.54. The highest BCUT2D eigenvalue weighted by atomic mass is 16.5. The van der Waals surface area contributed by atoms with E-state index in [-0.39, 0.29) is 5.97 Å². The van der Waals surface area contributed by atoms with Gasteiger partial charge in [-0.25, -0.2) is 4.79 Å². The van der Waals surface area contributed by atoms with E-state index in [1.165, 1.54) is 32.8 Å². The minimum Gasteiger partial charge on any atom is -0.468 e. The van der Waals surface area contributed by atoms with Gasteiger partial charge in [0.2, 0.25) is 0 Å². The second-order valence-corrected chi connectivity index (χ2v) is 4.19. The van der Waals surface area contributed by atoms with Gasteiger partial charge >= 0.3 is 5.97 Å². The Kier molecular flexibility index (Phi) is 2.74. The van der Waals surface area contributed by atoms with Gasteiger partial charge < -0.3 is 9.47 Å². The first-order chi connectivity index (χ1) is 6.77. The standard InChI is InChI=1S/C10H17NO3/c1-13-9(12)10(6-14-7-10)11-8-4-2-3-5-8/h8,11H,2-7H2,1H3. The van der Waals surface area contributed by atoms with E-state index in [2.05, 4.69) is 5.32 Å². The molecule has 1 N–H and O–H groups in total. The van der Waals surface area contributed by atoms with Crippen LogP contribution in [0.1, 0.15) is 25.7 Å². The SMILES string of the molecule is COC(=O)C1(NC2CCCC2)COC1. The normalized spacial score (nSPS) is 25.8. The topological polar surface area (TPSA) is 47.6 Å². The van der Waals surface area contributed by atoms with E-state index in [9.17, 15) is 4.79 Å². The zero-order valence-electron chi connectivity index (χ0n) is 8.54. The molecule has 0 amide bonds. The molecule has 0 spiro atoms. The Hall–Kier alpha value is -0.610. The Balaban J connectivity index is 1.94. The van der Waals surface area contributed by atoms with Gasteiger partial charge in [0.15, 0.2) is 5.54 Å². The summed E-state index contributed by atoms with van der Waals surface area (Å²) in [5, 5.41) is 3.38. The van der Waals surface area contributed by atoms with E-state index in [0.29, 0.717) is 19.3 Å². The van der Waals surface area contributed by atoms with E-state index < -0.39 is 5.54 Å². The fraction of sp³-hybridized carbons (Fsp3) is 0.900. The third kappa shape index (κ3) is 1.64. The maximum Gasteiger partial charge on any atom is 0.330 e. The molecule has 0 aromatic rings. The van der Waals surface area contributed by atoms with Crippen molar-refractivity contribution in [2.45, 2.75) is 37.3 Å². The average Bonchev–Trinajstić information content (AvgIpc) is 2.62. The summed E-state index contributed by atoms with van der Waals surface area (Å²) in [5.74, 6) is -0.185. The molecule has 1 heterocycles. The number of rotatable bonds is 3. The van der Waals surface area contributed by atoms with Crippen LogP contribution in [0.2, 0.25) is 0 Å². The molecular weight excluding hydrogens is 182 g/mol. The number of hydrogen-bond acceptors (Lipinski definition) is 4. The lowest BCUT2D eigenvalue weighted by atomic mass is 9.96. The van der Waals surface area contributed by atoms with Crippen molar-refractivity contribution >= 4 is 5.97 Å². The lowest BCUT2D eigenvalue weighted by Gasteiger charge is -2.41. The number of carbonyl (C=O) groups excluding carboxylic acids is 1. The van der Waals surface area contributed by atoms with Crippen molar-refractivity contribution in [2.24, 2.45) is 0 Å². The van der Waals surface area contributed by atoms with Crippen molar-refractivity contribution in [3.63, 3.8) is 0 Å². The second-order valence-electron chi connectivity index (χ2n) is 4.19. The van der Waals surface area contributed by atoms with Gasteiger partial charge in [0.1, 0.15) is 0 Å². The Morgan fingerprint density at radius 1 is 1.43 bits per heavy atom. The van der Waals surface area contributed by atoms with Gasteiger partial charge in [-0.05, 0) is 12.8 Å². The Morgan fingerprint density at radius 2 is 2.07 bits per heavy atom. The van der Waals surface area contributed by atoms with Crippen molar-refractivity contribution in [1.82, 2.24) is 5.32 Å². The van der Waals surface area contributed by atoms with Gasteiger partial charge in [0, 0.05) is 6.04 Å². The molecule has 4 heteroatoms. The smallest absolute Gasteiger partial charge is 0.330 e. The number of hydrogen-bond donors (Lipinski definition) is 1. The summed E-state index contributed by atoms with van der Waals surface area (Å²) >= 11 is 0. The quantitative estimate of drug-likeness (QED) is 0.671. The van der Waals surface area contributed by atoms with E-state index in [4.69, 9.17) is 9.47 Å². The van der Waals surface area contributed by atoms with E-state index in [1.807, 2.05) is 0 Å². The van der Waals surface area contributed by atoms with Crippen LogP contribution in [0.4, 0.5) is 0 Å². The summed E-state index contributed by atoms with van der Waals surface area (Å²) in [7, 11) is 1.43. The first-order valence-corrected chi connectivity index (χ1v) is 5.21. The van der Waals surface area contributed by atoms with Crippen molar-refractivity contribution < 1.29 is 14.3 Å². The minimum atomic E-state index is -0.538. The summed E-state index contributed by atoms with van der Waals surface area (Å²) in [6.07, 6.45) is 4.85. The molecule has 1 aliphatic heterocycles. The zero-order chi connectivity index (χ0) is 10.0. The van der Waals surface area contributed by atoms with Gasteiger partial charge in [-0.3, -0.25) is 5.32 Å². The van der Waals surface area contributed by atoms with Gasteiger partial charge in [0.05, 0.1) is 20.3 Å². The molecule has 1 aliphatic carbocycles. The molecule has 2 fully saturated rings. The van der Waals surface area contributed by atoms with Crippen molar-refractivity contribution in [2.75, 3.05) is 20.3 Å². The number of carbonyl (C=O) groups is 1. The molecule has 80 valence electrons. The van der Waals surface area contributed by atoms with Crippen molar-refractivity contribution in [3.8, 4) is 0 Å². The first-order valence-electron chi connectivity index (χ1n) is 5.21. The molecular formula is C10H17NO3. The molecule has 0 bridgehead atoms. The Morgan fingerprint density at radius 3 is 2.50 bits per heavy atom. The van der Waals surface area contributed by atoms with Gasteiger partial charge in [-0.15, -0.1) is 0 Å². The molecule has 2 rings (SSSR count). The third-order valence-electron chi connectivity index (χ3n) is 3.11. The van der Waals surface area contributed by atoms with Crippen molar-refractivity contribution in [1.29, 1.82) is 0 Å². The monoisotopic (exact) mass is 199 g/mol. The summed E-state index contributed by atoms with van der Waals surface area (Å²) < 4.78 is 9.89. The molecule has 1 saturated heterocycles. The van der Waals surface area contributed by atoms with E-state index in [1.54, 1.807) is 0 Å². The van der Waals surface area contributed by atoms with Crippen LogP contribution in [0.3, 0.4) is 0 Å². The highest BCUT2D eigenvalue weighted by Crippen LogP contribution is 2.25. The lowest BCUT2D eigenvalue weighted by Crippen LogP contribution is -2.68. The molecule has 2 aliphatic rings. The molecule has 0 unspecified atom stereocenters. The molecule has 0 atom stereocenters. The Bertz CT molecular complexity index is 219. The largest absolute Gasteiger partial charge is 0.468 e. The Labute approximate surface area is 84.0 Å². The molecule has 4 nitrogen and oxygen atoms in total. The summed E-state index contributed by atoms with van der Waals surface area (Å²) in [4.78, 5) is 11.5. The number of methoxy groups -OCH3 is 1. The van der Waals surface area contributed by atoms with Crippen LogP contribution in [0.25, 0.3) is 0 Å². The average molecular weight is 199 g/mol. The lowest BCUT2D eigenvalue weighted by molar-refractivity contribution is -0.170. The molecule has 0 aromatic heterocycles. The molecule has 0 radical (unpaired) electrons. The molecule has 1 saturated carbocycles. The van der Waals surface area contributed by atoms with Gasteiger partial charge in [-0.2, -0.15) is 0 Å². The highest BCUT2D eigenvalue weighted by molar-refractivity contribution is 5.82. The van der Waals surface area contributed by atoms with Crippen molar-refractivity contribution in [3.05, 3.63) is 0 Å². The predicted octanol–water partition coefficient (Wildman–Crippen LogP) is 0.461. The number of nitrogens with one attached hydrogen (secondary N) is 1. The van der Waals surface area contributed by atoms with Crippen LogP contribution in [0.15, 0.2) is 0 Å². The van der Waals surface area contributed by atoms with Crippen LogP contribution < -0.4 is 5.32 Å². The van der Waals surface area contributed by atoms with Gasteiger partial charge in [0.25, 0.3) is 0 Å². The predicted molar refractivity (Wildman–Crippen MR) is 51.0 cm³/mol. The van der Waals surface area contributed by atoms with Crippen LogP contribution in [0, 0.1) is 0 Å². The first kappa shape index (κ1) is 9.93. The number of esters is 1. The van der Waals surface area contributed by atoms with Crippen LogP contribution >= 0.6 is 0 Å². The van der Waals surface area contributed by atoms with Crippen LogP contribution in [0.5, 0.6) is 0 Å². The van der Waals surface area contributed by atoms with E-state index in [0.717, 1.165) is 0 Å². The fourth-order valence-electron chi connectivity index (χ4n) is 2.22. The maximum absolute atomic E-state index is 11.5. The summed E-state index contributed by atoms with van der Waals surface area (Å²) in [6, 6.07) is 0.470. The summed E-state index contributed by atoms with van der Waals surface area (Å²) in [6.45, 7) is 0.909. The summed E-state index contributed by atoms with van der Waals surface area (Å²) in [5.41, 5.74) is -0.538. The van der Waals surface area contributed by atoms with Gasteiger partial charge in [-0.1, -0.05) is 12.8 Å². The highest BCUT2D eigenvalue weighted by Gasteiger charge is 2.48. The van der Waals surface area contributed by atoms with Crippen LogP contribution in [-0.2, 0) is 14.3 Å². The van der Waals surface area contributed by atoms with Crippen LogP contribution in [-0.4, -0.2) is 37.9 Å². The van der Waals surface area contributed by atoms with E-state index >= 15 is 0 Å². The minimum absolute atomic E-state index is 0.185. The molecule has 0 aromatic carbocycles. The second kappa shape index (κ2) is 3.87. The molecule has 14 heavy (non-hydrogen) atoms. The third-order valence-corrected chi connectivity index (χ3v) is 3.11. The fourth-order valence-corrected chi connectivity index (χ4v) is 2.22. The number of ether oxygens (including phenoxy) is 2. The maximum atomic E-state index is 11.5.